The maximum absolute atomic E-state index is 12.1. The Labute approximate surface area is 124 Å². The largest absolute Gasteiger partial charge is 0.355 e. The van der Waals surface area contributed by atoms with E-state index in [1.165, 1.54) is 25.2 Å². The second-order valence-corrected chi connectivity index (χ2v) is 7.79. The van der Waals surface area contributed by atoms with Gasteiger partial charge < -0.3 is 5.32 Å². The van der Waals surface area contributed by atoms with Crippen molar-refractivity contribution < 1.29 is 8.42 Å². The summed E-state index contributed by atoms with van der Waals surface area (Å²) in [6.45, 7) is 3.10. The van der Waals surface area contributed by atoms with Gasteiger partial charge in [-0.25, -0.2) is 23.1 Å². The third-order valence-electron chi connectivity index (χ3n) is 3.05. The van der Waals surface area contributed by atoms with Gasteiger partial charge in [0, 0.05) is 18.3 Å². The minimum Gasteiger partial charge on any atom is -0.355 e. The van der Waals surface area contributed by atoms with Crippen LogP contribution in [0.5, 0.6) is 0 Å². The molecular weight excluding hydrogens is 296 g/mol. The molecule has 1 aliphatic rings. The van der Waals surface area contributed by atoms with Gasteiger partial charge in [0.2, 0.25) is 16.0 Å². The van der Waals surface area contributed by atoms with Crippen molar-refractivity contribution in [3.8, 4) is 0 Å². The van der Waals surface area contributed by atoms with Gasteiger partial charge in [0.1, 0.15) is 4.90 Å². The highest BCUT2D eigenvalue weighted by Gasteiger charge is 2.19. The molecule has 0 aromatic carbocycles. The summed E-state index contributed by atoms with van der Waals surface area (Å²) in [6, 6.07) is 0. The monoisotopic (exact) mass is 316 g/mol. The molecule has 8 heteroatoms. The number of sulfonamides is 1. The molecular formula is C12H20N4O2S2. The third kappa shape index (κ3) is 4.32. The molecule has 2 heterocycles. The predicted octanol–water partition coefficient (Wildman–Crippen LogP) is 1.47. The van der Waals surface area contributed by atoms with Crippen LogP contribution < -0.4 is 10.0 Å². The summed E-state index contributed by atoms with van der Waals surface area (Å²) in [5.41, 5.74) is 0. The molecule has 0 bridgehead atoms. The zero-order valence-electron chi connectivity index (χ0n) is 11.5. The number of hydrogen-bond donors (Lipinski definition) is 2. The van der Waals surface area contributed by atoms with Crippen LogP contribution in [0.15, 0.2) is 17.3 Å². The van der Waals surface area contributed by atoms with Crippen LogP contribution in [0.3, 0.4) is 0 Å². The van der Waals surface area contributed by atoms with Gasteiger partial charge in [0.05, 0.1) is 12.4 Å². The molecule has 1 aromatic heterocycles. The summed E-state index contributed by atoms with van der Waals surface area (Å²) in [4.78, 5) is 8.08. The van der Waals surface area contributed by atoms with Gasteiger partial charge in [-0.15, -0.1) is 0 Å². The number of aromatic nitrogens is 2. The zero-order valence-corrected chi connectivity index (χ0v) is 13.1. The standard InChI is InChI=1S/C12H20N4O2S2/c1-2-13-12-14-8-11(9-15-12)20(17,18)16-7-10-5-3-4-6-19-10/h8-10,16H,2-7H2,1H3,(H,13,14,15). The molecule has 2 rings (SSSR count). The van der Waals surface area contributed by atoms with Gasteiger partial charge in [-0.3, -0.25) is 0 Å². The Balaban J connectivity index is 1.94. The quantitative estimate of drug-likeness (QED) is 0.827. The first-order valence-corrected chi connectivity index (χ1v) is 9.32. The topological polar surface area (TPSA) is 84.0 Å². The smallest absolute Gasteiger partial charge is 0.243 e. The van der Waals surface area contributed by atoms with Crippen molar-refractivity contribution >= 4 is 27.7 Å². The van der Waals surface area contributed by atoms with Crippen molar-refractivity contribution in [2.75, 3.05) is 24.2 Å². The molecule has 1 unspecified atom stereocenters. The van der Waals surface area contributed by atoms with Crippen LogP contribution in [0.4, 0.5) is 5.95 Å². The van der Waals surface area contributed by atoms with Crippen molar-refractivity contribution in [2.45, 2.75) is 36.3 Å². The Morgan fingerprint density at radius 2 is 2.10 bits per heavy atom. The van der Waals surface area contributed by atoms with Crippen LogP contribution in [0.2, 0.25) is 0 Å². The van der Waals surface area contributed by atoms with Gasteiger partial charge in [0.25, 0.3) is 0 Å². The summed E-state index contributed by atoms with van der Waals surface area (Å²) in [5.74, 6) is 1.56. The van der Waals surface area contributed by atoms with Crippen LogP contribution >= 0.6 is 11.8 Å². The molecule has 1 atom stereocenters. The van der Waals surface area contributed by atoms with Crippen molar-refractivity contribution in [2.24, 2.45) is 0 Å². The fraction of sp³-hybridized carbons (Fsp3) is 0.667. The molecule has 20 heavy (non-hydrogen) atoms. The van der Waals surface area contributed by atoms with Gasteiger partial charge in [-0.2, -0.15) is 11.8 Å². The molecule has 0 spiro atoms. The average Bonchev–Trinajstić information content (AvgIpc) is 2.47. The first-order chi connectivity index (χ1) is 9.62. The molecule has 0 amide bonds. The Hall–Kier alpha value is -0.860. The summed E-state index contributed by atoms with van der Waals surface area (Å²) < 4.78 is 26.9. The maximum atomic E-state index is 12.1. The van der Waals surface area contributed by atoms with Crippen molar-refractivity contribution in [3.05, 3.63) is 12.4 Å². The zero-order chi connectivity index (χ0) is 14.4. The van der Waals surface area contributed by atoms with Crippen LogP contribution in [-0.2, 0) is 10.0 Å². The number of thioether (sulfide) groups is 1. The van der Waals surface area contributed by atoms with E-state index in [1.807, 2.05) is 18.7 Å². The highest BCUT2D eigenvalue weighted by molar-refractivity contribution is 8.00. The molecule has 0 aliphatic carbocycles. The lowest BCUT2D eigenvalue weighted by atomic mass is 10.2. The first-order valence-electron chi connectivity index (χ1n) is 6.79. The van der Waals surface area contributed by atoms with E-state index in [0.29, 0.717) is 24.3 Å². The lowest BCUT2D eigenvalue weighted by Gasteiger charge is -2.21. The molecule has 1 aliphatic heterocycles. The minimum atomic E-state index is -3.51. The van der Waals surface area contributed by atoms with Gasteiger partial charge >= 0.3 is 0 Å². The molecule has 0 radical (unpaired) electrons. The second-order valence-electron chi connectivity index (χ2n) is 4.61. The second kappa shape index (κ2) is 7.24. The van der Waals surface area contributed by atoms with E-state index in [4.69, 9.17) is 0 Å². The lowest BCUT2D eigenvalue weighted by molar-refractivity contribution is 0.573. The molecule has 1 saturated heterocycles. The number of nitrogens with one attached hydrogen (secondary N) is 2. The van der Waals surface area contributed by atoms with Gasteiger partial charge in [0.15, 0.2) is 0 Å². The summed E-state index contributed by atoms with van der Waals surface area (Å²) >= 11 is 1.84. The van der Waals surface area contributed by atoms with E-state index in [9.17, 15) is 8.42 Å². The minimum absolute atomic E-state index is 0.111. The van der Waals surface area contributed by atoms with Crippen LogP contribution in [0, 0.1) is 0 Å². The summed E-state index contributed by atoms with van der Waals surface area (Å²) in [5, 5.41) is 3.30. The van der Waals surface area contributed by atoms with Gasteiger partial charge in [-0.1, -0.05) is 6.42 Å². The molecule has 112 valence electrons. The average molecular weight is 316 g/mol. The lowest BCUT2D eigenvalue weighted by Crippen LogP contribution is -2.32. The Morgan fingerprint density at radius 3 is 2.70 bits per heavy atom. The number of nitrogens with zero attached hydrogens (tertiary/aromatic N) is 2. The molecule has 1 fully saturated rings. The van der Waals surface area contributed by atoms with Crippen LogP contribution in [-0.4, -0.2) is 42.5 Å². The number of anilines is 1. The molecule has 1 aromatic rings. The van der Waals surface area contributed by atoms with E-state index >= 15 is 0 Å². The van der Waals surface area contributed by atoms with Crippen LogP contribution in [0.1, 0.15) is 26.2 Å². The van der Waals surface area contributed by atoms with Crippen LogP contribution in [0.25, 0.3) is 0 Å². The Kier molecular flexibility index (Phi) is 5.62. The normalized spacial score (nSPS) is 19.8. The molecule has 2 N–H and O–H groups in total. The summed E-state index contributed by atoms with van der Waals surface area (Å²) in [6.07, 6.45) is 6.15. The molecule has 6 nitrogen and oxygen atoms in total. The van der Waals surface area contributed by atoms with Crippen molar-refractivity contribution in [3.63, 3.8) is 0 Å². The highest BCUT2D eigenvalue weighted by Crippen LogP contribution is 2.24. The first kappa shape index (κ1) is 15.5. The fourth-order valence-corrected chi connectivity index (χ4v) is 4.27. The fourth-order valence-electron chi connectivity index (χ4n) is 1.96. The molecule has 0 saturated carbocycles. The SMILES string of the molecule is CCNc1ncc(S(=O)(=O)NCC2CCCCS2)cn1. The predicted molar refractivity (Wildman–Crippen MR) is 81.5 cm³/mol. The van der Waals surface area contributed by atoms with Crippen molar-refractivity contribution in [1.29, 1.82) is 0 Å². The van der Waals surface area contributed by atoms with E-state index in [2.05, 4.69) is 20.0 Å². The van der Waals surface area contributed by atoms with E-state index in [1.54, 1.807) is 0 Å². The summed E-state index contributed by atoms with van der Waals surface area (Å²) in [7, 11) is -3.51. The number of rotatable bonds is 6. The Morgan fingerprint density at radius 1 is 1.35 bits per heavy atom. The maximum Gasteiger partial charge on any atom is 0.243 e. The third-order valence-corrected chi connectivity index (χ3v) is 5.82. The number of hydrogen-bond acceptors (Lipinski definition) is 6. The van der Waals surface area contributed by atoms with E-state index in [-0.39, 0.29) is 4.90 Å². The Bertz CT molecular complexity index is 513. The van der Waals surface area contributed by atoms with Gasteiger partial charge in [-0.05, 0) is 25.5 Å². The highest BCUT2D eigenvalue weighted by atomic mass is 32.2. The van der Waals surface area contributed by atoms with Crippen molar-refractivity contribution in [1.82, 2.24) is 14.7 Å². The van der Waals surface area contributed by atoms with E-state index < -0.39 is 10.0 Å². The van der Waals surface area contributed by atoms with E-state index in [0.717, 1.165) is 12.2 Å².